The molecule has 0 saturated carbocycles. The van der Waals surface area contributed by atoms with Gasteiger partial charge < -0.3 is 20.6 Å². The first kappa shape index (κ1) is 20.3. The molecule has 1 saturated heterocycles. The van der Waals surface area contributed by atoms with Crippen molar-refractivity contribution in [2.75, 3.05) is 18.2 Å². The van der Waals surface area contributed by atoms with Crippen molar-refractivity contribution in [1.29, 1.82) is 0 Å². The van der Waals surface area contributed by atoms with Crippen molar-refractivity contribution < 1.29 is 24.3 Å². The summed E-state index contributed by atoms with van der Waals surface area (Å²) in [5.41, 5.74) is 0. The first-order chi connectivity index (χ1) is 11.3. The van der Waals surface area contributed by atoms with Crippen molar-refractivity contribution in [3.8, 4) is 0 Å². The quantitative estimate of drug-likeness (QED) is 0.563. The van der Waals surface area contributed by atoms with Crippen LogP contribution in [-0.2, 0) is 19.2 Å². The fourth-order valence-electron chi connectivity index (χ4n) is 2.33. The largest absolute Gasteiger partial charge is 0.480 e. The highest BCUT2D eigenvalue weighted by Crippen LogP contribution is 2.21. The number of nitrogens with zero attached hydrogens (tertiary/aromatic N) is 1. The standard InChI is InChI=1S/C15H25N3O5S/c1-4-13(20)18-8-24-7-11(18)14(21)16-6-12(19)17-10(15(22)23)5-9(2)3/h9-11H,4-8H2,1-3H3,(H,16,21)(H,17,19)(H,22,23)/t10-,11?/m0/s1. The second kappa shape index (κ2) is 9.51. The number of carboxylic acid groups (broad SMARTS) is 1. The molecule has 1 aliphatic heterocycles. The van der Waals surface area contributed by atoms with E-state index in [0.717, 1.165) is 0 Å². The monoisotopic (exact) mass is 359 g/mol. The number of carbonyl (C=O) groups is 4. The average molecular weight is 359 g/mol. The summed E-state index contributed by atoms with van der Waals surface area (Å²) in [6, 6.07) is -1.56. The first-order valence-corrected chi connectivity index (χ1v) is 9.08. The van der Waals surface area contributed by atoms with Crippen molar-refractivity contribution >= 4 is 35.5 Å². The van der Waals surface area contributed by atoms with E-state index in [-0.39, 0.29) is 18.4 Å². The topological polar surface area (TPSA) is 116 Å². The third-order valence-electron chi connectivity index (χ3n) is 3.57. The van der Waals surface area contributed by atoms with Gasteiger partial charge in [0.15, 0.2) is 0 Å². The lowest BCUT2D eigenvalue weighted by atomic mass is 10.0. The molecule has 2 atom stereocenters. The summed E-state index contributed by atoms with van der Waals surface area (Å²) in [5, 5.41) is 14.0. The van der Waals surface area contributed by atoms with Crippen molar-refractivity contribution in [3.05, 3.63) is 0 Å². The van der Waals surface area contributed by atoms with Gasteiger partial charge in [-0.2, -0.15) is 0 Å². The van der Waals surface area contributed by atoms with Gasteiger partial charge in [-0.25, -0.2) is 4.79 Å². The molecule has 0 aromatic carbocycles. The summed E-state index contributed by atoms with van der Waals surface area (Å²) in [6.45, 7) is 5.15. The number of hydrogen-bond donors (Lipinski definition) is 3. The molecule has 8 nitrogen and oxygen atoms in total. The van der Waals surface area contributed by atoms with E-state index in [4.69, 9.17) is 5.11 Å². The van der Waals surface area contributed by atoms with Crippen LogP contribution in [0.5, 0.6) is 0 Å². The van der Waals surface area contributed by atoms with Gasteiger partial charge in [-0.3, -0.25) is 14.4 Å². The van der Waals surface area contributed by atoms with Crippen LogP contribution >= 0.6 is 11.8 Å². The van der Waals surface area contributed by atoms with Gasteiger partial charge in [-0.05, 0) is 12.3 Å². The number of aliphatic carboxylic acids is 1. The first-order valence-electron chi connectivity index (χ1n) is 7.93. The third-order valence-corrected chi connectivity index (χ3v) is 4.58. The predicted molar refractivity (Wildman–Crippen MR) is 90.3 cm³/mol. The van der Waals surface area contributed by atoms with E-state index in [2.05, 4.69) is 10.6 Å². The van der Waals surface area contributed by atoms with Crippen LogP contribution in [-0.4, -0.2) is 64.0 Å². The highest BCUT2D eigenvalue weighted by atomic mass is 32.2. The lowest BCUT2D eigenvalue weighted by Gasteiger charge is -2.22. The molecule has 1 unspecified atom stereocenters. The molecule has 0 bridgehead atoms. The molecule has 1 fully saturated rings. The molecule has 1 rings (SSSR count). The van der Waals surface area contributed by atoms with Gasteiger partial charge in [-0.15, -0.1) is 11.8 Å². The zero-order valence-corrected chi connectivity index (χ0v) is 15.0. The number of rotatable bonds is 8. The Bertz CT molecular complexity index is 498. The van der Waals surface area contributed by atoms with Crippen LogP contribution in [0.2, 0.25) is 0 Å². The summed E-state index contributed by atoms with van der Waals surface area (Å²) in [7, 11) is 0. The summed E-state index contributed by atoms with van der Waals surface area (Å²) >= 11 is 1.48. The van der Waals surface area contributed by atoms with E-state index < -0.39 is 29.9 Å². The van der Waals surface area contributed by atoms with Gasteiger partial charge in [0.05, 0.1) is 12.4 Å². The maximum absolute atomic E-state index is 12.2. The average Bonchev–Trinajstić information content (AvgIpc) is 3.00. The van der Waals surface area contributed by atoms with Crippen molar-refractivity contribution in [2.24, 2.45) is 5.92 Å². The number of thioether (sulfide) groups is 1. The van der Waals surface area contributed by atoms with Gasteiger partial charge in [0.25, 0.3) is 0 Å². The van der Waals surface area contributed by atoms with E-state index in [1.165, 1.54) is 16.7 Å². The van der Waals surface area contributed by atoms with Crippen LogP contribution < -0.4 is 10.6 Å². The molecular formula is C15H25N3O5S. The molecule has 136 valence electrons. The van der Waals surface area contributed by atoms with E-state index >= 15 is 0 Å². The minimum atomic E-state index is -1.10. The molecule has 0 aliphatic carbocycles. The number of carboxylic acids is 1. The van der Waals surface area contributed by atoms with Crippen molar-refractivity contribution in [2.45, 2.75) is 45.7 Å². The Morgan fingerprint density at radius 2 is 1.96 bits per heavy atom. The lowest BCUT2D eigenvalue weighted by Crippen LogP contribution is -2.51. The van der Waals surface area contributed by atoms with Gasteiger partial charge in [0.1, 0.15) is 12.1 Å². The van der Waals surface area contributed by atoms with Crippen LogP contribution in [0.25, 0.3) is 0 Å². The summed E-state index contributed by atoms with van der Waals surface area (Å²) in [6.07, 6.45) is 0.632. The molecule has 0 aromatic heterocycles. The van der Waals surface area contributed by atoms with Crippen LogP contribution in [0.3, 0.4) is 0 Å². The number of amides is 3. The minimum Gasteiger partial charge on any atom is -0.480 e. The zero-order valence-electron chi connectivity index (χ0n) is 14.2. The SMILES string of the molecule is CCC(=O)N1CSCC1C(=O)NCC(=O)N[C@@H](CC(C)C)C(=O)O. The Labute approximate surface area is 145 Å². The maximum atomic E-state index is 12.2. The van der Waals surface area contributed by atoms with Gasteiger partial charge in [-0.1, -0.05) is 20.8 Å². The Balaban J connectivity index is 2.49. The fourth-order valence-corrected chi connectivity index (χ4v) is 3.51. The van der Waals surface area contributed by atoms with Crippen LogP contribution in [0, 0.1) is 5.92 Å². The maximum Gasteiger partial charge on any atom is 0.326 e. The summed E-state index contributed by atoms with van der Waals surface area (Å²) in [4.78, 5) is 48.4. The molecular weight excluding hydrogens is 334 g/mol. The van der Waals surface area contributed by atoms with Crippen LogP contribution in [0.1, 0.15) is 33.6 Å². The molecule has 3 N–H and O–H groups in total. The van der Waals surface area contributed by atoms with Crippen molar-refractivity contribution in [1.82, 2.24) is 15.5 Å². The normalized spacial score (nSPS) is 18.3. The molecule has 1 heterocycles. The van der Waals surface area contributed by atoms with E-state index in [0.29, 0.717) is 24.5 Å². The zero-order chi connectivity index (χ0) is 18.3. The molecule has 0 aromatic rings. The molecule has 0 spiro atoms. The molecule has 0 radical (unpaired) electrons. The summed E-state index contributed by atoms with van der Waals surface area (Å²) < 4.78 is 0. The van der Waals surface area contributed by atoms with E-state index in [1.54, 1.807) is 6.92 Å². The molecule has 3 amide bonds. The Kier molecular flexibility index (Phi) is 8.03. The number of nitrogens with one attached hydrogen (secondary N) is 2. The smallest absolute Gasteiger partial charge is 0.326 e. The lowest BCUT2D eigenvalue weighted by molar-refractivity contribution is -0.142. The van der Waals surface area contributed by atoms with E-state index in [9.17, 15) is 19.2 Å². The fraction of sp³-hybridized carbons (Fsp3) is 0.733. The Hall–Kier alpha value is -1.77. The van der Waals surface area contributed by atoms with Gasteiger partial charge in [0.2, 0.25) is 17.7 Å². The Morgan fingerprint density at radius 1 is 1.29 bits per heavy atom. The predicted octanol–water partition coefficient (Wildman–Crippen LogP) is 0.0296. The van der Waals surface area contributed by atoms with Gasteiger partial charge in [0, 0.05) is 12.2 Å². The second-order valence-electron chi connectivity index (χ2n) is 6.04. The highest BCUT2D eigenvalue weighted by Gasteiger charge is 2.34. The Morgan fingerprint density at radius 3 is 2.50 bits per heavy atom. The van der Waals surface area contributed by atoms with Crippen molar-refractivity contribution in [3.63, 3.8) is 0 Å². The van der Waals surface area contributed by atoms with Crippen LogP contribution in [0.4, 0.5) is 0 Å². The highest BCUT2D eigenvalue weighted by molar-refractivity contribution is 7.99. The van der Waals surface area contributed by atoms with E-state index in [1.807, 2.05) is 13.8 Å². The molecule has 24 heavy (non-hydrogen) atoms. The minimum absolute atomic E-state index is 0.104. The third kappa shape index (κ3) is 6.03. The van der Waals surface area contributed by atoms with Gasteiger partial charge >= 0.3 is 5.97 Å². The number of carbonyl (C=O) groups excluding carboxylic acids is 3. The summed E-state index contributed by atoms with van der Waals surface area (Å²) in [5.74, 6) is -1.09. The molecule has 9 heteroatoms. The second-order valence-corrected chi connectivity index (χ2v) is 7.04. The van der Waals surface area contributed by atoms with Crippen LogP contribution in [0.15, 0.2) is 0 Å². The number of hydrogen-bond acceptors (Lipinski definition) is 5. The molecule has 1 aliphatic rings.